The van der Waals surface area contributed by atoms with Gasteiger partial charge in [0.05, 0.1) is 18.9 Å². The van der Waals surface area contributed by atoms with Crippen LogP contribution in [0.15, 0.2) is 66.9 Å². The first-order valence-electron chi connectivity index (χ1n) is 8.94. The highest BCUT2D eigenvalue weighted by molar-refractivity contribution is 5.76. The Hall–Kier alpha value is -2.69. The average Bonchev–Trinajstić information content (AvgIpc) is 2.71. The van der Waals surface area contributed by atoms with Crippen molar-refractivity contribution < 1.29 is 9.84 Å². The van der Waals surface area contributed by atoms with Crippen LogP contribution in [0.3, 0.4) is 0 Å². The lowest BCUT2D eigenvalue weighted by Crippen LogP contribution is -2.35. The Morgan fingerprint density at radius 1 is 0.885 bits per heavy atom. The summed E-state index contributed by atoms with van der Waals surface area (Å²) in [5.41, 5.74) is 4.83. The molecule has 2 heterocycles. The first-order chi connectivity index (χ1) is 12.8. The summed E-state index contributed by atoms with van der Waals surface area (Å²) in [6.45, 7) is 3.85. The van der Waals surface area contributed by atoms with Gasteiger partial charge in [-0.2, -0.15) is 0 Å². The minimum absolute atomic E-state index is 0.268. The Balaban J connectivity index is 1.64. The van der Waals surface area contributed by atoms with Gasteiger partial charge in [-0.1, -0.05) is 48.5 Å². The van der Waals surface area contributed by atoms with E-state index in [9.17, 15) is 5.11 Å². The summed E-state index contributed by atoms with van der Waals surface area (Å²) in [5.74, 6) is 0.268. The van der Waals surface area contributed by atoms with Gasteiger partial charge in [0, 0.05) is 31.4 Å². The third-order valence-corrected chi connectivity index (χ3v) is 4.76. The number of morpholine rings is 1. The third-order valence-electron chi connectivity index (χ3n) is 4.76. The van der Waals surface area contributed by atoms with Gasteiger partial charge in [-0.3, -0.25) is 9.88 Å². The molecule has 0 amide bonds. The van der Waals surface area contributed by atoms with Gasteiger partial charge in [0.1, 0.15) is 5.75 Å². The van der Waals surface area contributed by atoms with E-state index < -0.39 is 0 Å². The molecule has 1 N–H and O–H groups in total. The first-order valence-corrected chi connectivity index (χ1v) is 8.94. The van der Waals surface area contributed by atoms with Crippen LogP contribution in [0.25, 0.3) is 22.3 Å². The molecule has 3 aromatic rings. The summed E-state index contributed by atoms with van der Waals surface area (Å²) in [6.07, 6.45) is 1.78. The summed E-state index contributed by atoms with van der Waals surface area (Å²) >= 11 is 0. The molecule has 4 heteroatoms. The SMILES string of the molecule is Oc1c(-c2cccc(-c3ccccc3)c2)ccnc1CN1CCOCC1. The van der Waals surface area contributed by atoms with E-state index in [0.717, 1.165) is 54.3 Å². The number of benzene rings is 2. The van der Waals surface area contributed by atoms with Gasteiger partial charge >= 0.3 is 0 Å². The topological polar surface area (TPSA) is 45.6 Å². The molecule has 26 heavy (non-hydrogen) atoms. The van der Waals surface area contributed by atoms with Gasteiger partial charge in [0.15, 0.2) is 0 Å². The predicted octanol–water partition coefficient (Wildman–Crippen LogP) is 3.95. The molecule has 0 atom stereocenters. The fourth-order valence-corrected chi connectivity index (χ4v) is 3.31. The molecule has 1 aromatic heterocycles. The molecule has 4 rings (SSSR count). The lowest BCUT2D eigenvalue weighted by Gasteiger charge is -2.26. The molecule has 0 aliphatic carbocycles. The van der Waals surface area contributed by atoms with E-state index in [-0.39, 0.29) is 5.75 Å². The Morgan fingerprint density at radius 2 is 1.62 bits per heavy atom. The molecule has 1 aliphatic rings. The molecule has 132 valence electrons. The van der Waals surface area contributed by atoms with E-state index >= 15 is 0 Å². The van der Waals surface area contributed by atoms with E-state index in [1.54, 1.807) is 6.20 Å². The zero-order valence-corrected chi connectivity index (χ0v) is 14.6. The highest BCUT2D eigenvalue weighted by atomic mass is 16.5. The van der Waals surface area contributed by atoms with Crippen molar-refractivity contribution in [3.05, 3.63) is 72.6 Å². The molecule has 0 unspecified atom stereocenters. The molecule has 0 bridgehead atoms. The molecule has 0 saturated carbocycles. The maximum atomic E-state index is 10.8. The summed E-state index contributed by atoms with van der Waals surface area (Å²) in [5, 5.41) is 10.8. The van der Waals surface area contributed by atoms with Crippen LogP contribution in [0.2, 0.25) is 0 Å². The maximum Gasteiger partial charge on any atom is 0.146 e. The quantitative estimate of drug-likeness (QED) is 0.777. The van der Waals surface area contributed by atoms with Gasteiger partial charge in [-0.25, -0.2) is 0 Å². The van der Waals surface area contributed by atoms with E-state index in [0.29, 0.717) is 6.54 Å². The van der Waals surface area contributed by atoms with E-state index in [2.05, 4.69) is 34.1 Å². The van der Waals surface area contributed by atoms with Gasteiger partial charge in [0.2, 0.25) is 0 Å². The van der Waals surface area contributed by atoms with Crippen molar-refractivity contribution in [2.24, 2.45) is 0 Å². The molecule has 0 spiro atoms. The Bertz CT molecular complexity index is 874. The fraction of sp³-hybridized carbons (Fsp3) is 0.227. The van der Waals surface area contributed by atoms with Gasteiger partial charge in [0.25, 0.3) is 0 Å². The van der Waals surface area contributed by atoms with Crippen molar-refractivity contribution in [3.63, 3.8) is 0 Å². The molecule has 1 aliphatic heterocycles. The van der Waals surface area contributed by atoms with Crippen molar-refractivity contribution in [2.45, 2.75) is 6.54 Å². The third kappa shape index (κ3) is 3.62. The minimum Gasteiger partial charge on any atom is -0.505 e. The highest BCUT2D eigenvalue weighted by Crippen LogP contribution is 2.33. The molecule has 1 saturated heterocycles. The molecule has 4 nitrogen and oxygen atoms in total. The summed E-state index contributed by atoms with van der Waals surface area (Å²) in [4.78, 5) is 6.67. The largest absolute Gasteiger partial charge is 0.505 e. The van der Waals surface area contributed by atoms with Crippen molar-refractivity contribution in [3.8, 4) is 28.0 Å². The number of aromatic nitrogens is 1. The van der Waals surface area contributed by atoms with Crippen LogP contribution >= 0.6 is 0 Å². The lowest BCUT2D eigenvalue weighted by atomic mass is 9.98. The average molecular weight is 346 g/mol. The normalized spacial score (nSPS) is 15.1. The Morgan fingerprint density at radius 3 is 2.42 bits per heavy atom. The Kier molecular flexibility index (Phi) is 4.95. The lowest BCUT2D eigenvalue weighted by molar-refractivity contribution is 0.0333. The van der Waals surface area contributed by atoms with E-state index in [1.807, 2.05) is 36.4 Å². The molecule has 2 aromatic carbocycles. The van der Waals surface area contributed by atoms with E-state index in [4.69, 9.17) is 4.74 Å². The minimum atomic E-state index is 0.268. The van der Waals surface area contributed by atoms with Gasteiger partial charge < -0.3 is 9.84 Å². The van der Waals surface area contributed by atoms with Crippen LogP contribution in [0.4, 0.5) is 0 Å². The monoisotopic (exact) mass is 346 g/mol. The number of nitrogens with zero attached hydrogens (tertiary/aromatic N) is 2. The number of hydrogen-bond acceptors (Lipinski definition) is 4. The second-order valence-corrected chi connectivity index (χ2v) is 6.49. The zero-order chi connectivity index (χ0) is 17.8. The maximum absolute atomic E-state index is 10.8. The molecular formula is C22H22N2O2. The van der Waals surface area contributed by atoms with Crippen LogP contribution < -0.4 is 0 Å². The van der Waals surface area contributed by atoms with Crippen LogP contribution in [-0.4, -0.2) is 41.3 Å². The zero-order valence-electron chi connectivity index (χ0n) is 14.6. The fourth-order valence-electron chi connectivity index (χ4n) is 3.31. The summed E-state index contributed by atoms with van der Waals surface area (Å²) < 4.78 is 5.39. The highest BCUT2D eigenvalue weighted by Gasteiger charge is 2.16. The number of hydrogen-bond donors (Lipinski definition) is 1. The van der Waals surface area contributed by atoms with Crippen LogP contribution in [0.1, 0.15) is 5.69 Å². The van der Waals surface area contributed by atoms with Crippen molar-refractivity contribution in [1.82, 2.24) is 9.88 Å². The summed E-state index contributed by atoms with van der Waals surface area (Å²) in [6, 6.07) is 20.4. The number of rotatable bonds is 4. The smallest absolute Gasteiger partial charge is 0.146 e. The number of pyridine rings is 1. The molecular weight excluding hydrogens is 324 g/mol. The molecule has 0 radical (unpaired) electrons. The second-order valence-electron chi connectivity index (χ2n) is 6.49. The Labute approximate surface area is 153 Å². The predicted molar refractivity (Wildman–Crippen MR) is 103 cm³/mol. The van der Waals surface area contributed by atoms with Gasteiger partial charge in [-0.15, -0.1) is 0 Å². The molecule has 1 fully saturated rings. The van der Waals surface area contributed by atoms with E-state index in [1.165, 1.54) is 0 Å². The van der Waals surface area contributed by atoms with Crippen molar-refractivity contribution >= 4 is 0 Å². The standard InChI is InChI=1S/C22H22N2O2/c25-22-20(9-10-23-21(22)16-24-11-13-26-14-12-24)19-8-4-7-18(15-19)17-5-2-1-3-6-17/h1-10,15,25H,11-14,16H2. The number of aromatic hydroxyl groups is 1. The van der Waals surface area contributed by atoms with Gasteiger partial charge in [-0.05, 0) is 28.8 Å². The first kappa shape index (κ1) is 16.8. The van der Waals surface area contributed by atoms with Crippen LogP contribution in [0.5, 0.6) is 5.75 Å². The second kappa shape index (κ2) is 7.68. The van der Waals surface area contributed by atoms with Crippen molar-refractivity contribution in [2.75, 3.05) is 26.3 Å². The number of ether oxygens (including phenoxy) is 1. The van der Waals surface area contributed by atoms with Crippen LogP contribution in [0, 0.1) is 0 Å². The summed E-state index contributed by atoms with van der Waals surface area (Å²) in [7, 11) is 0. The van der Waals surface area contributed by atoms with Crippen LogP contribution in [-0.2, 0) is 11.3 Å². The van der Waals surface area contributed by atoms with Crippen molar-refractivity contribution in [1.29, 1.82) is 0 Å².